The number of thiophene rings is 1. The Morgan fingerprint density at radius 1 is 1.03 bits per heavy atom. The molecule has 162 valence electrons. The molecule has 29 heavy (non-hydrogen) atoms. The summed E-state index contributed by atoms with van der Waals surface area (Å²) in [6.07, 6.45) is 0.0594. The van der Waals surface area contributed by atoms with Crippen LogP contribution in [-0.4, -0.2) is 85.1 Å². The van der Waals surface area contributed by atoms with E-state index in [4.69, 9.17) is 4.74 Å². The van der Waals surface area contributed by atoms with E-state index in [1.54, 1.807) is 11.0 Å². The summed E-state index contributed by atoms with van der Waals surface area (Å²) in [4.78, 5) is 28.1. The van der Waals surface area contributed by atoms with Gasteiger partial charge in [0, 0.05) is 57.0 Å². The molecule has 2 unspecified atom stereocenters. The summed E-state index contributed by atoms with van der Waals surface area (Å²) in [5.41, 5.74) is 0. The zero-order valence-corrected chi connectivity index (χ0v) is 18.8. The molecule has 0 bridgehead atoms. The zero-order chi connectivity index (χ0) is 21.2. The first kappa shape index (κ1) is 22.4. The van der Waals surface area contributed by atoms with Crippen LogP contribution in [0, 0.1) is 6.92 Å². The van der Waals surface area contributed by atoms with Gasteiger partial charge in [-0.25, -0.2) is 0 Å². The molecule has 0 spiro atoms. The Morgan fingerprint density at radius 2 is 1.66 bits per heavy atom. The zero-order valence-electron chi connectivity index (χ0n) is 17.2. The normalized spacial score (nSPS) is 24.6. The smallest absolute Gasteiger partial charge is 0.282 e. The molecule has 2 fully saturated rings. The Hall–Kier alpha value is -1.33. The molecule has 0 aromatic carbocycles. The number of ketones is 1. The molecule has 1 aromatic rings. The number of hydrogen-bond donors (Lipinski definition) is 0. The van der Waals surface area contributed by atoms with Crippen molar-refractivity contribution in [1.82, 2.24) is 13.5 Å². The Kier molecular flexibility index (Phi) is 7.10. The molecule has 0 N–H and O–H groups in total. The van der Waals surface area contributed by atoms with Crippen molar-refractivity contribution in [2.75, 3.05) is 39.3 Å². The number of piperazine rings is 1. The Balaban J connectivity index is 1.49. The third-order valence-electron chi connectivity index (χ3n) is 5.21. The third-order valence-corrected chi connectivity index (χ3v) is 8.22. The maximum atomic E-state index is 12.9. The van der Waals surface area contributed by atoms with Crippen LogP contribution in [0.5, 0.6) is 0 Å². The fourth-order valence-electron chi connectivity index (χ4n) is 3.74. The van der Waals surface area contributed by atoms with E-state index in [1.807, 2.05) is 26.8 Å². The standard InChI is InChI=1S/C19H29N3O5S2/c1-14-12-22(13-15(2)27-14)29(25,26)21-10-8-20(9-11-21)19(24)7-5-17(23)18-6-4-16(3)28-18/h4,6,14-15H,5,7-13H2,1-3H3. The second-order valence-corrected chi connectivity index (χ2v) is 10.9. The molecule has 3 rings (SSSR count). The van der Waals surface area contributed by atoms with Crippen molar-refractivity contribution >= 4 is 33.2 Å². The Labute approximate surface area is 176 Å². The second-order valence-electron chi connectivity index (χ2n) is 7.70. The first-order valence-electron chi connectivity index (χ1n) is 9.95. The van der Waals surface area contributed by atoms with Crippen LogP contribution in [0.1, 0.15) is 41.2 Å². The maximum absolute atomic E-state index is 12.9. The maximum Gasteiger partial charge on any atom is 0.282 e. The van der Waals surface area contributed by atoms with Gasteiger partial charge in [0.15, 0.2) is 5.78 Å². The highest BCUT2D eigenvalue weighted by Crippen LogP contribution is 2.20. The number of morpholine rings is 1. The molecule has 1 aromatic heterocycles. The third kappa shape index (κ3) is 5.43. The van der Waals surface area contributed by atoms with Gasteiger partial charge in [-0.1, -0.05) is 0 Å². The van der Waals surface area contributed by atoms with E-state index in [9.17, 15) is 18.0 Å². The van der Waals surface area contributed by atoms with Gasteiger partial charge in [0.1, 0.15) is 0 Å². The number of aryl methyl sites for hydroxylation is 1. The van der Waals surface area contributed by atoms with E-state index in [0.717, 1.165) is 4.88 Å². The highest BCUT2D eigenvalue weighted by atomic mass is 32.2. The van der Waals surface area contributed by atoms with Gasteiger partial charge in [-0.2, -0.15) is 17.0 Å². The summed E-state index contributed by atoms with van der Waals surface area (Å²) >= 11 is 1.44. The summed E-state index contributed by atoms with van der Waals surface area (Å²) in [6, 6.07) is 3.69. The first-order valence-corrected chi connectivity index (χ1v) is 12.2. The van der Waals surface area contributed by atoms with Crippen LogP contribution in [0.25, 0.3) is 0 Å². The first-order chi connectivity index (χ1) is 13.7. The van der Waals surface area contributed by atoms with Gasteiger partial charge < -0.3 is 9.64 Å². The number of carbonyl (C=O) groups is 2. The van der Waals surface area contributed by atoms with E-state index in [0.29, 0.717) is 31.1 Å². The lowest BCUT2D eigenvalue weighted by atomic mass is 10.1. The molecular weight excluding hydrogens is 414 g/mol. The van der Waals surface area contributed by atoms with E-state index < -0.39 is 10.2 Å². The Bertz CT molecular complexity index is 836. The summed E-state index contributed by atoms with van der Waals surface area (Å²) in [7, 11) is -3.56. The molecule has 0 saturated carbocycles. The molecule has 2 atom stereocenters. The van der Waals surface area contributed by atoms with Crippen molar-refractivity contribution in [3.05, 3.63) is 21.9 Å². The molecule has 2 saturated heterocycles. The largest absolute Gasteiger partial charge is 0.373 e. The van der Waals surface area contributed by atoms with Gasteiger partial charge in [0.05, 0.1) is 17.1 Å². The van der Waals surface area contributed by atoms with Crippen molar-refractivity contribution in [2.24, 2.45) is 0 Å². The number of amides is 1. The van der Waals surface area contributed by atoms with E-state index >= 15 is 0 Å². The van der Waals surface area contributed by atoms with Crippen LogP contribution in [0.4, 0.5) is 0 Å². The lowest BCUT2D eigenvalue weighted by Crippen LogP contribution is -2.57. The van der Waals surface area contributed by atoms with E-state index in [1.165, 1.54) is 19.9 Å². The highest BCUT2D eigenvalue weighted by molar-refractivity contribution is 7.86. The average Bonchev–Trinajstić information content (AvgIpc) is 3.11. The van der Waals surface area contributed by atoms with E-state index in [2.05, 4.69) is 0 Å². The minimum absolute atomic E-state index is 0.0202. The van der Waals surface area contributed by atoms with Gasteiger partial charge in [0.25, 0.3) is 10.2 Å². The van der Waals surface area contributed by atoms with Gasteiger partial charge in [-0.3, -0.25) is 9.59 Å². The predicted octanol–water partition coefficient (Wildman–Crippen LogP) is 1.52. The van der Waals surface area contributed by atoms with Crippen LogP contribution in [0.2, 0.25) is 0 Å². The fraction of sp³-hybridized carbons (Fsp3) is 0.684. The molecule has 2 aliphatic heterocycles. The summed E-state index contributed by atoms with van der Waals surface area (Å²) < 4.78 is 34.4. The molecule has 10 heteroatoms. The molecular formula is C19H29N3O5S2. The van der Waals surface area contributed by atoms with Crippen LogP contribution in [-0.2, 0) is 19.7 Å². The predicted molar refractivity (Wildman–Crippen MR) is 111 cm³/mol. The van der Waals surface area contributed by atoms with Crippen LogP contribution in [0.3, 0.4) is 0 Å². The molecule has 8 nitrogen and oxygen atoms in total. The molecule has 3 heterocycles. The quantitative estimate of drug-likeness (QED) is 0.622. The summed E-state index contributed by atoms with van der Waals surface area (Å²) in [6.45, 7) is 7.60. The van der Waals surface area contributed by atoms with Gasteiger partial charge in [-0.15, -0.1) is 11.3 Å². The van der Waals surface area contributed by atoms with Crippen LogP contribution >= 0.6 is 11.3 Å². The van der Waals surface area contributed by atoms with Crippen LogP contribution in [0.15, 0.2) is 12.1 Å². The number of rotatable bonds is 6. The fourth-order valence-corrected chi connectivity index (χ4v) is 6.32. The monoisotopic (exact) mass is 443 g/mol. The SMILES string of the molecule is Cc1ccc(C(=O)CCC(=O)N2CCN(S(=O)(=O)N3CC(C)OC(C)C3)CC2)s1. The minimum atomic E-state index is -3.56. The average molecular weight is 444 g/mol. The highest BCUT2D eigenvalue weighted by Gasteiger charge is 2.37. The number of Topliss-reactive ketones (excluding diaryl/α,β-unsaturated/α-hetero) is 1. The van der Waals surface area contributed by atoms with Crippen molar-refractivity contribution in [3.63, 3.8) is 0 Å². The lowest BCUT2D eigenvalue weighted by molar-refractivity contribution is -0.132. The Morgan fingerprint density at radius 3 is 2.21 bits per heavy atom. The van der Waals surface area contributed by atoms with Crippen molar-refractivity contribution in [3.8, 4) is 0 Å². The molecule has 0 aliphatic carbocycles. The number of ether oxygens (including phenoxy) is 1. The van der Waals surface area contributed by atoms with Crippen molar-refractivity contribution < 1.29 is 22.7 Å². The molecule has 0 radical (unpaired) electrons. The molecule has 1 amide bonds. The van der Waals surface area contributed by atoms with E-state index in [-0.39, 0.29) is 49.8 Å². The molecule has 2 aliphatic rings. The summed E-state index contributed by atoms with van der Waals surface area (Å²) in [5.74, 6) is -0.120. The van der Waals surface area contributed by atoms with Gasteiger partial charge in [0.2, 0.25) is 5.91 Å². The van der Waals surface area contributed by atoms with Gasteiger partial charge >= 0.3 is 0 Å². The van der Waals surface area contributed by atoms with Gasteiger partial charge in [-0.05, 0) is 32.9 Å². The topological polar surface area (TPSA) is 87.2 Å². The number of hydrogen-bond acceptors (Lipinski definition) is 6. The number of nitrogens with zero attached hydrogens (tertiary/aromatic N) is 3. The van der Waals surface area contributed by atoms with Crippen molar-refractivity contribution in [2.45, 2.75) is 45.8 Å². The minimum Gasteiger partial charge on any atom is -0.373 e. The number of carbonyl (C=O) groups excluding carboxylic acids is 2. The second kappa shape index (κ2) is 9.22. The lowest BCUT2D eigenvalue weighted by Gasteiger charge is -2.40. The summed E-state index contributed by atoms with van der Waals surface area (Å²) in [5, 5.41) is 0. The van der Waals surface area contributed by atoms with Crippen molar-refractivity contribution in [1.29, 1.82) is 0 Å². The van der Waals surface area contributed by atoms with Crippen LogP contribution < -0.4 is 0 Å².